The number of carbonyl (C=O) groups is 1. The lowest BCUT2D eigenvalue weighted by molar-refractivity contribution is -0.128. The molecule has 0 N–H and O–H groups in total. The van der Waals surface area contributed by atoms with Crippen LogP contribution in [0.1, 0.15) is 59.8 Å². The Hall–Kier alpha value is -1.19. The molecule has 0 aliphatic carbocycles. The Kier molecular flexibility index (Phi) is 8.36. The van der Waals surface area contributed by atoms with Gasteiger partial charge in [0.1, 0.15) is 0 Å². The van der Waals surface area contributed by atoms with Crippen LogP contribution in [0.5, 0.6) is 0 Å². The lowest BCUT2D eigenvalue weighted by Crippen LogP contribution is -2.16. The van der Waals surface area contributed by atoms with Gasteiger partial charge in [0.25, 0.3) is 0 Å². The number of rotatable bonds is 9. The van der Waals surface area contributed by atoms with Crippen molar-refractivity contribution in [1.82, 2.24) is 0 Å². The summed E-state index contributed by atoms with van der Waals surface area (Å²) in [5, 5.41) is 0. The van der Waals surface area contributed by atoms with E-state index >= 15 is 0 Å². The largest absolute Gasteiger partial charge is 0.349 e. The van der Waals surface area contributed by atoms with E-state index in [-0.39, 0.29) is 12.1 Å². The average Bonchev–Trinajstić information content (AvgIpc) is 2.94. The second-order valence-electron chi connectivity index (χ2n) is 5.83. The third kappa shape index (κ3) is 5.54. The van der Waals surface area contributed by atoms with Gasteiger partial charge in [-0.05, 0) is 44.8 Å². The summed E-state index contributed by atoms with van der Waals surface area (Å²) >= 11 is 0. The van der Waals surface area contributed by atoms with E-state index in [2.05, 4.69) is 13.5 Å². The molecule has 1 fully saturated rings. The van der Waals surface area contributed by atoms with Crippen molar-refractivity contribution >= 4 is 5.78 Å². The van der Waals surface area contributed by atoms with Crippen LogP contribution in [-0.4, -0.2) is 24.8 Å². The first-order chi connectivity index (χ1) is 10.5. The molecule has 0 aromatic carbocycles. The molecule has 0 aromatic rings. The highest BCUT2D eigenvalue weighted by Gasteiger charge is 2.25. The van der Waals surface area contributed by atoms with Crippen molar-refractivity contribution in [3.8, 4) is 0 Å². The van der Waals surface area contributed by atoms with E-state index in [0.717, 1.165) is 36.0 Å². The van der Waals surface area contributed by atoms with Crippen molar-refractivity contribution in [3.63, 3.8) is 0 Å². The van der Waals surface area contributed by atoms with Crippen LogP contribution in [-0.2, 0) is 14.3 Å². The number of ether oxygens (including phenoxy) is 2. The Morgan fingerprint density at radius 2 is 2.09 bits per heavy atom. The van der Waals surface area contributed by atoms with Gasteiger partial charge in [0, 0.05) is 12.0 Å². The minimum absolute atomic E-state index is 0.0658. The zero-order valence-corrected chi connectivity index (χ0v) is 14.5. The molecule has 2 atom stereocenters. The zero-order valence-electron chi connectivity index (χ0n) is 14.5. The monoisotopic (exact) mass is 306 g/mol. The second-order valence-corrected chi connectivity index (χ2v) is 5.83. The molecular formula is C19H30O3. The fraction of sp³-hybridized carbons (Fsp3) is 0.632. The van der Waals surface area contributed by atoms with Crippen LogP contribution in [0.25, 0.3) is 0 Å². The summed E-state index contributed by atoms with van der Waals surface area (Å²) in [5.74, 6) is 0.0658. The molecule has 1 rings (SSSR count). The van der Waals surface area contributed by atoms with Crippen molar-refractivity contribution in [3.05, 3.63) is 35.5 Å². The van der Waals surface area contributed by atoms with Gasteiger partial charge in [-0.15, -0.1) is 0 Å². The van der Waals surface area contributed by atoms with Crippen LogP contribution in [0.2, 0.25) is 0 Å². The maximum Gasteiger partial charge on any atom is 0.159 e. The maximum atomic E-state index is 11.6. The van der Waals surface area contributed by atoms with Gasteiger partial charge >= 0.3 is 0 Å². The first-order valence-corrected chi connectivity index (χ1v) is 8.30. The van der Waals surface area contributed by atoms with E-state index in [1.165, 1.54) is 12.8 Å². The Morgan fingerprint density at radius 3 is 2.64 bits per heavy atom. The Balaban J connectivity index is 2.58. The number of Topliss-reactive ketones (excluding diaryl/α,β-unsaturated/α-hetero) is 1. The summed E-state index contributed by atoms with van der Waals surface area (Å²) in [5.41, 5.74) is 2.61. The van der Waals surface area contributed by atoms with Gasteiger partial charge < -0.3 is 9.47 Å². The van der Waals surface area contributed by atoms with Gasteiger partial charge in [0.05, 0.1) is 12.7 Å². The standard InChI is InChI=1S/C19H30O3/c1-6-9-10-17-11-12-19(22-17)21-13-16(7-2)14(4)18(8-3)15(5)20/h7-8,17,19H,2,6,9-13H2,1,3-5H3/b16-14+,18-8+. The number of allylic oxidation sites excluding steroid dienone is 3. The zero-order chi connectivity index (χ0) is 16.5. The van der Waals surface area contributed by atoms with Crippen LogP contribution in [0.4, 0.5) is 0 Å². The van der Waals surface area contributed by atoms with Gasteiger partial charge in [0.2, 0.25) is 0 Å². The van der Waals surface area contributed by atoms with Crippen molar-refractivity contribution in [2.45, 2.75) is 72.2 Å². The summed E-state index contributed by atoms with van der Waals surface area (Å²) in [6.45, 7) is 11.9. The third-order valence-electron chi connectivity index (χ3n) is 4.17. The van der Waals surface area contributed by atoms with Crippen molar-refractivity contribution < 1.29 is 14.3 Å². The van der Waals surface area contributed by atoms with Crippen LogP contribution in [0, 0.1) is 0 Å². The highest BCUT2D eigenvalue weighted by Crippen LogP contribution is 2.25. The summed E-state index contributed by atoms with van der Waals surface area (Å²) in [7, 11) is 0. The van der Waals surface area contributed by atoms with Gasteiger partial charge in [-0.2, -0.15) is 0 Å². The molecule has 0 aromatic heterocycles. The number of hydrogen-bond acceptors (Lipinski definition) is 3. The lowest BCUT2D eigenvalue weighted by Gasteiger charge is -2.16. The quantitative estimate of drug-likeness (QED) is 0.456. The predicted octanol–water partition coefficient (Wildman–Crippen LogP) is 4.74. The topological polar surface area (TPSA) is 35.5 Å². The van der Waals surface area contributed by atoms with Crippen LogP contribution < -0.4 is 0 Å². The minimum Gasteiger partial charge on any atom is -0.349 e. The summed E-state index contributed by atoms with van der Waals surface area (Å²) in [6.07, 6.45) is 9.36. The third-order valence-corrected chi connectivity index (χ3v) is 4.17. The lowest BCUT2D eigenvalue weighted by atomic mass is 9.99. The van der Waals surface area contributed by atoms with E-state index in [0.29, 0.717) is 12.7 Å². The number of carbonyl (C=O) groups excluding carboxylic acids is 1. The van der Waals surface area contributed by atoms with Gasteiger partial charge in [-0.3, -0.25) is 4.79 Å². The van der Waals surface area contributed by atoms with Crippen LogP contribution in [0.3, 0.4) is 0 Å². The van der Waals surface area contributed by atoms with E-state index < -0.39 is 0 Å². The molecule has 0 spiro atoms. The predicted molar refractivity (Wildman–Crippen MR) is 90.7 cm³/mol. The van der Waals surface area contributed by atoms with E-state index in [9.17, 15) is 4.79 Å². The van der Waals surface area contributed by atoms with E-state index in [1.807, 2.05) is 19.9 Å². The number of unbranched alkanes of at least 4 members (excludes halogenated alkanes) is 1. The van der Waals surface area contributed by atoms with Crippen LogP contribution in [0.15, 0.2) is 35.5 Å². The normalized spacial score (nSPS) is 23.4. The molecular weight excluding hydrogens is 276 g/mol. The number of ketones is 1. The second kappa shape index (κ2) is 9.75. The van der Waals surface area contributed by atoms with E-state index in [1.54, 1.807) is 13.0 Å². The van der Waals surface area contributed by atoms with Gasteiger partial charge in [-0.1, -0.05) is 38.5 Å². The van der Waals surface area contributed by atoms with Gasteiger partial charge in [0.15, 0.2) is 12.1 Å². The molecule has 3 heteroatoms. The summed E-state index contributed by atoms with van der Waals surface area (Å²) < 4.78 is 11.8. The first-order valence-electron chi connectivity index (χ1n) is 8.30. The average molecular weight is 306 g/mol. The molecule has 1 saturated heterocycles. The van der Waals surface area contributed by atoms with Crippen molar-refractivity contribution in [2.75, 3.05) is 6.61 Å². The molecule has 22 heavy (non-hydrogen) atoms. The van der Waals surface area contributed by atoms with Gasteiger partial charge in [-0.25, -0.2) is 0 Å². The van der Waals surface area contributed by atoms with E-state index in [4.69, 9.17) is 9.47 Å². The molecule has 1 aliphatic rings. The SMILES string of the molecule is C=C/C(COC1CCC(CCCC)O1)=C(C)\C(=C/C)C(C)=O. The Bertz CT molecular complexity index is 446. The molecule has 0 radical (unpaired) electrons. The molecule has 0 bridgehead atoms. The maximum absolute atomic E-state index is 11.6. The molecule has 0 amide bonds. The molecule has 124 valence electrons. The Morgan fingerprint density at radius 1 is 1.36 bits per heavy atom. The molecule has 2 unspecified atom stereocenters. The minimum atomic E-state index is -0.129. The van der Waals surface area contributed by atoms with Crippen molar-refractivity contribution in [1.29, 1.82) is 0 Å². The molecule has 0 saturated carbocycles. The molecule has 1 aliphatic heterocycles. The molecule has 3 nitrogen and oxygen atoms in total. The fourth-order valence-corrected chi connectivity index (χ4v) is 2.80. The Labute approximate surface area is 135 Å². The number of hydrogen-bond donors (Lipinski definition) is 0. The fourth-order valence-electron chi connectivity index (χ4n) is 2.80. The van der Waals surface area contributed by atoms with Crippen molar-refractivity contribution in [2.24, 2.45) is 0 Å². The summed E-state index contributed by atoms with van der Waals surface area (Å²) in [6, 6.07) is 0. The highest BCUT2D eigenvalue weighted by atomic mass is 16.7. The smallest absolute Gasteiger partial charge is 0.159 e. The highest BCUT2D eigenvalue weighted by molar-refractivity contribution is 5.97. The van der Waals surface area contributed by atoms with Crippen LogP contribution >= 0.6 is 0 Å². The summed E-state index contributed by atoms with van der Waals surface area (Å²) in [4.78, 5) is 11.6. The first kappa shape index (κ1) is 18.9. The molecule has 1 heterocycles.